The van der Waals surface area contributed by atoms with Crippen molar-refractivity contribution in [1.29, 1.82) is 0 Å². The number of benzene rings is 3. The highest BCUT2D eigenvalue weighted by Crippen LogP contribution is 2.37. The first-order chi connectivity index (χ1) is 12.7. The molecule has 3 aromatic rings. The molecular weight excluding hydrogens is 344 g/mol. The van der Waals surface area contributed by atoms with Gasteiger partial charge in [0, 0.05) is 4.90 Å². The third-order valence-corrected chi connectivity index (χ3v) is 5.11. The lowest BCUT2D eigenvalue weighted by Gasteiger charge is -2.22. The van der Waals surface area contributed by atoms with Gasteiger partial charge in [-0.15, -0.1) is 0 Å². The number of rotatable bonds is 6. The number of aliphatic hydroxyl groups excluding tert-OH is 1. The molecule has 0 aliphatic heterocycles. The maximum atomic E-state index is 13.0. The third-order valence-electron chi connectivity index (χ3n) is 4.15. The summed E-state index contributed by atoms with van der Waals surface area (Å²) in [6.45, 7) is 0. The Morgan fingerprint density at radius 2 is 1.42 bits per heavy atom. The number of thioether (sulfide) groups is 1. The van der Waals surface area contributed by atoms with Crippen molar-refractivity contribution < 1.29 is 14.6 Å². The van der Waals surface area contributed by atoms with E-state index in [1.54, 1.807) is 31.4 Å². The first-order valence-electron chi connectivity index (χ1n) is 8.33. The van der Waals surface area contributed by atoms with Crippen LogP contribution in [-0.2, 0) is 4.79 Å². The summed E-state index contributed by atoms with van der Waals surface area (Å²) in [7, 11) is 1.60. The molecule has 0 saturated carbocycles. The molecule has 2 atom stereocenters. The molecule has 0 aliphatic carbocycles. The van der Waals surface area contributed by atoms with Crippen LogP contribution in [0.2, 0.25) is 0 Å². The van der Waals surface area contributed by atoms with Crippen LogP contribution in [0.25, 0.3) is 0 Å². The van der Waals surface area contributed by atoms with Gasteiger partial charge in [-0.25, -0.2) is 0 Å². The van der Waals surface area contributed by atoms with Gasteiger partial charge in [-0.3, -0.25) is 4.79 Å². The van der Waals surface area contributed by atoms with Gasteiger partial charge in [0.2, 0.25) is 5.12 Å². The SMILES string of the molecule is COc1ccc([C@@H](O)[C@@H](C(=O)Sc2ccccc2)c2ccccc2)cc1. The lowest BCUT2D eigenvalue weighted by atomic mass is 9.90. The zero-order valence-corrected chi connectivity index (χ0v) is 15.2. The molecular formula is C22H20O3S. The Bertz CT molecular complexity index is 832. The molecule has 132 valence electrons. The van der Waals surface area contributed by atoms with E-state index in [0.29, 0.717) is 11.3 Å². The van der Waals surface area contributed by atoms with Crippen molar-refractivity contribution in [1.82, 2.24) is 0 Å². The molecule has 3 rings (SSSR count). The molecule has 0 unspecified atom stereocenters. The van der Waals surface area contributed by atoms with Gasteiger partial charge in [0.1, 0.15) is 5.75 Å². The largest absolute Gasteiger partial charge is 0.497 e. The molecule has 0 amide bonds. The van der Waals surface area contributed by atoms with Crippen LogP contribution in [-0.4, -0.2) is 17.3 Å². The van der Waals surface area contributed by atoms with Crippen molar-refractivity contribution >= 4 is 16.9 Å². The minimum Gasteiger partial charge on any atom is -0.497 e. The second-order valence-electron chi connectivity index (χ2n) is 5.84. The lowest BCUT2D eigenvalue weighted by Crippen LogP contribution is -2.18. The predicted octanol–water partition coefficient (Wildman–Crippen LogP) is 4.83. The molecule has 3 nitrogen and oxygen atoms in total. The van der Waals surface area contributed by atoms with Gasteiger partial charge in [-0.05, 0) is 35.4 Å². The zero-order valence-electron chi connectivity index (χ0n) is 14.4. The van der Waals surface area contributed by atoms with Gasteiger partial charge >= 0.3 is 0 Å². The summed E-state index contributed by atoms with van der Waals surface area (Å²) >= 11 is 1.15. The number of carbonyl (C=O) groups is 1. The lowest BCUT2D eigenvalue weighted by molar-refractivity contribution is -0.114. The minimum atomic E-state index is -0.938. The Labute approximate surface area is 157 Å². The molecule has 4 heteroatoms. The van der Waals surface area contributed by atoms with Crippen LogP contribution in [0.1, 0.15) is 23.1 Å². The first kappa shape index (κ1) is 18.2. The summed E-state index contributed by atoms with van der Waals surface area (Å²) in [6, 6.07) is 26.1. The standard InChI is InChI=1S/C22H20O3S/c1-25-18-14-12-17(13-15-18)21(23)20(16-8-4-2-5-9-16)22(24)26-19-10-6-3-7-11-19/h2-15,20-21,23H,1H3/t20-,21+/m0/s1. The molecule has 0 spiro atoms. The summed E-state index contributed by atoms with van der Waals surface area (Å²) in [5.41, 5.74) is 1.48. The van der Waals surface area contributed by atoms with Crippen molar-refractivity contribution in [2.75, 3.05) is 7.11 Å². The van der Waals surface area contributed by atoms with E-state index in [4.69, 9.17) is 4.74 Å². The van der Waals surface area contributed by atoms with Crippen molar-refractivity contribution in [3.8, 4) is 5.75 Å². The van der Waals surface area contributed by atoms with Crippen LogP contribution in [0.3, 0.4) is 0 Å². The maximum Gasteiger partial charge on any atom is 0.204 e. The fourth-order valence-electron chi connectivity index (χ4n) is 2.77. The summed E-state index contributed by atoms with van der Waals surface area (Å²) in [6.07, 6.45) is -0.938. The van der Waals surface area contributed by atoms with Gasteiger partial charge < -0.3 is 9.84 Å². The van der Waals surface area contributed by atoms with Crippen molar-refractivity contribution in [2.24, 2.45) is 0 Å². The van der Waals surface area contributed by atoms with Crippen molar-refractivity contribution in [3.05, 3.63) is 96.1 Å². The van der Waals surface area contributed by atoms with Crippen LogP contribution in [0, 0.1) is 0 Å². The van der Waals surface area contributed by atoms with Gasteiger partial charge in [0.25, 0.3) is 0 Å². The average molecular weight is 364 g/mol. The van der Waals surface area contributed by atoms with E-state index in [1.165, 1.54) is 0 Å². The van der Waals surface area contributed by atoms with Crippen LogP contribution < -0.4 is 4.74 Å². The van der Waals surface area contributed by atoms with E-state index in [0.717, 1.165) is 22.2 Å². The summed E-state index contributed by atoms with van der Waals surface area (Å²) < 4.78 is 5.17. The topological polar surface area (TPSA) is 46.5 Å². The Balaban J connectivity index is 1.91. The van der Waals surface area contributed by atoms with E-state index < -0.39 is 12.0 Å². The highest BCUT2D eigenvalue weighted by Gasteiger charge is 2.30. The van der Waals surface area contributed by atoms with E-state index in [1.807, 2.05) is 60.7 Å². The fraction of sp³-hybridized carbons (Fsp3) is 0.136. The molecule has 0 radical (unpaired) electrons. The van der Waals surface area contributed by atoms with Crippen LogP contribution >= 0.6 is 11.8 Å². The molecule has 0 bridgehead atoms. The van der Waals surface area contributed by atoms with E-state index in [9.17, 15) is 9.90 Å². The number of hydrogen-bond acceptors (Lipinski definition) is 4. The van der Waals surface area contributed by atoms with Crippen LogP contribution in [0.15, 0.2) is 89.8 Å². The Kier molecular flexibility index (Phi) is 6.10. The Morgan fingerprint density at radius 3 is 2.00 bits per heavy atom. The number of methoxy groups -OCH3 is 1. The minimum absolute atomic E-state index is 0.0919. The molecule has 1 N–H and O–H groups in total. The molecule has 0 aliphatic rings. The summed E-state index contributed by atoms with van der Waals surface area (Å²) in [4.78, 5) is 13.9. The quantitative estimate of drug-likeness (QED) is 0.636. The van der Waals surface area contributed by atoms with Crippen molar-refractivity contribution in [2.45, 2.75) is 16.9 Å². The highest BCUT2D eigenvalue weighted by molar-refractivity contribution is 8.13. The van der Waals surface area contributed by atoms with E-state index >= 15 is 0 Å². The summed E-state index contributed by atoms with van der Waals surface area (Å²) in [5, 5.41) is 10.9. The van der Waals surface area contributed by atoms with Crippen LogP contribution in [0.5, 0.6) is 5.75 Å². The molecule has 0 heterocycles. The Hall–Kier alpha value is -2.56. The van der Waals surface area contributed by atoms with Gasteiger partial charge in [-0.1, -0.05) is 72.4 Å². The first-order valence-corrected chi connectivity index (χ1v) is 9.14. The third kappa shape index (κ3) is 4.34. The summed E-state index contributed by atoms with van der Waals surface area (Å²) in [5.74, 6) is 0.0528. The molecule has 3 aromatic carbocycles. The normalized spacial score (nSPS) is 13.0. The van der Waals surface area contributed by atoms with Crippen molar-refractivity contribution in [3.63, 3.8) is 0 Å². The van der Waals surface area contributed by atoms with Crippen LogP contribution in [0.4, 0.5) is 0 Å². The number of ether oxygens (including phenoxy) is 1. The smallest absolute Gasteiger partial charge is 0.204 e. The number of hydrogen-bond donors (Lipinski definition) is 1. The monoisotopic (exact) mass is 364 g/mol. The Morgan fingerprint density at radius 1 is 0.846 bits per heavy atom. The van der Waals surface area contributed by atoms with E-state index in [-0.39, 0.29) is 5.12 Å². The second kappa shape index (κ2) is 8.70. The molecule has 0 saturated heterocycles. The molecule has 0 fully saturated rings. The van der Waals surface area contributed by atoms with Gasteiger partial charge in [-0.2, -0.15) is 0 Å². The predicted molar refractivity (Wildman–Crippen MR) is 104 cm³/mol. The maximum absolute atomic E-state index is 13.0. The zero-order chi connectivity index (χ0) is 18.4. The van der Waals surface area contributed by atoms with E-state index in [2.05, 4.69) is 0 Å². The number of carbonyl (C=O) groups excluding carboxylic acids is 1. The fourth-order valence-corrected chi connectivity index (χ4v) is 3.69. The van der Waals surface area contributed by atoms with Gasteiger partial charge in [0.05, 0.1) is 19.1 Å². The molecule has 26 heavy (non-hydrogen) atoms. The average Bonchev–Trinajstić information content (AvgIpc) is 2.70. The number of aliphatic hydroxyl groups is 1. The highest BCUT2D eigenvalue weighted by atomic mass is 32.2. The van der Waals surface area contributed by atoms with Gasteiger partial charge in [0.15, 0.2) is 0 Å². The second-order valence-corrected chi connectivity index (χ2v) is 6.92. The molecule has 0 aromatic heterocycles.